The summed E-state index contributed by atoms with van der Waals surface area (Å²) >= 11 is 0. The van der Waals surface area contributed by atoms with E-state index in [1.165, 1.54) is 5.57 Å². The molecule has 0 fully saturated rings. The second-order valence-corrected chi connectivity index (χ2v) is 3.71. The van der Waals surface area contributed by atoms with Gasteiger partial charge in [0.1, 0.15) is 0 Å². The van der Waals surface area contributed by atoms with Crippen molar-refractivity contribution in [2.45, 2.75) is 38.7 Å². The average molecular weight is 152 g/mol. The van der Waals surface area contributed by atoms with Gasteiger partial charge in [-0.1, -0.05) is 18.2 Å². The highest BCUT2D eigenvalue weighted by Crippen LogP contribution is 2.29. The molecule has 1 aliphatic rings. The van der Waals surface area contributed by atoms with Crippen LogP contribution in [0, 0.1) is 0 Å². The zero-order chi connectivity index (χ0) is 8.48. The fourth-order valence-electron chi connectivity index (χ4n) is 1.34. The van der Waals surface area contributed by atoms with E-state index >= 15 is 0 Å². The first-order valence-corrected chi connectivity index (χ1v) is 4.08. The number of hydrogen-bond donors (Lipinski definition) is 1. The van der Waals surface area contributed by atoms with Crippen molar-refractivity contribution in [3.63, 3.8) is 0 Å². The van der Waals surface area contributed by atoms with Gasteiger partial charge in [-0.2, -0.15) is 0 Å². The Morgan fingerprint density at radius 3 is 2.73 bits per heavy atom. The lowest BCUT2D eigenvalue weighted by Gasteiger charge is -2.27. The molecule has 1 atom stereocenters. The maximum absolute atomic E-state index is 9.60. The minimum Gasteiger partial charge on any atom is -0.390 e. The van der Waals surface area contributed by atoms with Crippen LogP contribution in [0.5, 0.6) is 0 Å². The highest BCUT2D eigenvalue weighted by molar-refractivity contribution is 5.28. The van der Waals surface area contributed by atoms with Crippen molar-refractivity contribution >= 4 is 0 Å². The second-order valence-electron chi connectivity index (χ2n) is 3.71. The van der Waals surface area contributed by atoms with E-state index < -0.39 is 5.60 Å². The molecule has 0 saturated carbocycles. The van der Waals surface area contributed by atoms with Crippen LogP contribution in [0.4, 0.5) is 0 Å². The first-order chi connectivity index (χ1) is 5.01. The Morgan fingerprint density at radius 1 is 1.73 bits per heavy atom. The van der Waals surface area contributed by atoms with Gasteiger partial charge in [-0.05, 0) is 38.7 Å². The molecule has 1 N–H and O–H groups in total. The standard InChI is InChI=1S/C10H16O/c1-8(2)9-4-6-10(3,11)7-5-9/h4,11H,1,5-7H2,2-3H3. The molecular formula is C10H16O. The van der Waals surface area contributed by atoms with Crippen molar-refractivity contribution in [3.8, 4) is 0 Å². The predicted molar refractivity (Wildman–Crippen MR) is 47.4 cm³/mol. The van der Waals surface area contributed by atoms with Crippen LogP contribution in [0.25, 0.3) is 0 Å². The molecule has 1 heteroatoms. The second kappa shape index (κ2) is 2.82. The number of allylic oxidation sites excluding steroid dienone is 2. The summed E-state index contributed by atoms with van der Waals surface area (Å²) in [5, 5.41) is 9.60. The van der Waals surface area contributed by atoms with E-state index in [9.17, 15) is 5.11 Å². The predicted octanol–water partition coefficient (Wildman–Crippen LogP) is 2.42. The molecule has 0 spiro atoms. The van der Waals surface area contributed by atoms with Gasteiger partial charge in [0.15, 0.2) is 0 Å². The van der Waals surface area contributed by atoms with Crippen molar-refractivity contribution in [1.82, 2.24) is 0 Å². The third-order valence-corrected chi connectivity index (χ3v) is 2.27. The molecule has 0 bridgehead atoms. The van der Waals surface area contributed by atoms with E-state index in [1.807, 2.05) is 13.8 Å². The first kappa shape index (κ1) is 8.54. The van der Waals surface area contributed by atoms with E-state index in [1.54, 1.807) is 0 Å². The summed E-state index contributed by atoms with van der Waals surface area (Å²) in [6.07, 6.45) is 4.72. The van der Waals surface area contributed by atoms with Crippen molar-refractivity contribution in [1.29, 1.82) is 0 Å². The molecule has 1 aliphatic carbocycles. The van der Waals surface area contributed by atoms with Crippen LogP contribution in [0.15, 0.2) is 23.8 Å². The van der Waals surface area contributed by atoms with Crippen LogP contribution in [-0.4, -0.2) is 10.7 Å². The first-order valence-electron chi connectivity index (χ1n) is 4.08. The molecule has 1 rings (SSSR count). The van der Waals surface area contributed by atoms with E-state index in [-0.39, 0.29) is 0 Å². The van der Waals surface area contributed by atoms with Gasteiger partial charge in [-0.25, -0.2) is 0 Å². The Bertz CT molecular complexity index is 199. The number of aliphatic hydroxyl groups is 1. The van der Waals surface area contributed by atoms with Gasteiger partial charge in [0.25, 0.3) is 0 Å². The molecule has 0 amide bonds. The lowest BCUT2D eigenvalue weighted by atomic mass is 9.85. The molecule has 1 nitrogen and oxygen atoms in total. The van der Waals surface area contributed by atoms with E-state index in [0.717, 1.165) is 24.8 Å². The Kier molecular flexibility index (Phi) is 2.19. The Balaban J connectivity index is 2.65. The molecule has 1 unspecified atom stereocenters. The molecule has 0 aliphatic heterocycles. The molecular weight excluding hydrogens is 136 g/mol. The van der Waals surface area contributed by atoms with Gasteiger partial charge in [-0.15, -0.1) is 0 Å². The van der Waals surface area contributed by atoms with Gasteiger partial charge in [-0.3, -0.25) is 0 Å². The van der Waals surface area contributed by atoms with Gasteiger partial charge >= 0.3 is 0 Å². The zero-order valence-electron chi connectivity index (χ0n) is 7.35. The van der Waals surface area contributed by atoms with Crippen LogP contribution < -0.4 is 0 Å². The highest BCUT2D eigenvalue weighted by atomic mass is 16.3. The van der Waals surface area contributed by atoms with Crippen LogP contribution in [0.1, 0.15) is 33.1 Å². The smallest absolute Gasteiger partial charge is 0.0657 e. The zero-order valence-corrected chi connectivity index (χ0v) is 7.35. The summed E-state index contributed by atoms with van der Waals surface area (Å²) in [7, 11) is 0. The highest BCUT2D eigenvalue weighted by Gasteiger charge is 2.23. The minimum atomic E-state index is -0.473. The topological polar surface area (TPSA) is 20.2 Å². The fourth-order valence-corrected chi connectivity index (χ4v) is 1.34. The lowest BCUT2D eigenvalue weighted by molar-refractivity contribution is 0.0498. The fraction of sp³-hybridized carbons (Fsp3) is 0.600. The largest absolute Gasteiger partial charge is 0.390 e. The molecule has 62 valence electrons. The summed E-state index contributed by atoms with van der Waals surface area (Å²) in [4.78, 5) is 0. The van der Waals surface area contributed by atoms with Crippen molar-refractivity contribution in [2.24, 2.45) is 0 Å². The van der Waals surface area contributed by atoms with Gasteiger partial charge in [0.05, 0.1) is 5.60 Å². The maximum Gasteiger partial charge on any atom is 0.0657 e. The molecule has 0 aromatic carbocycles. The molecule has 0 heterocycles. The Morgan fingerprint density at radius 2 is 2.36 bits per heavy atom. The lowest BCUT2D eigenvalue weighted by Crippen LogP contribution is -2.25. The molecule has 0 saturated heterocycles. The summed E-state index contributed by atoms with van der Waals surface area (Å²) in [6, 6.07) is 0. The molecule has 11 heavy (non-hydrogen) atoms. The van der Waals surface area contributed by atoms with E-state index in [2.05, 4.69) is 12.7 Å². The van der Waals surface area contributed by atoms with Gasteiger partial charge < -0.3 is 5.11 Å². The van der Waals surface area contributed by atoms with Crippen molar-refractivity contribution in [3.05, 3.63) is 23.8 Å². The minimum absolute atomic E-state index is 0.473. The normalized spacial score (nSPS) is 31.4. The monoisotopic (exact) mass is 152 g/mol. The summed E-state index contributed by atoms with van der Waals surface area (Å²) in [6.45, 7) is 7.78. The van der Waals surface area contributed by atoms with Crippen molar-refractivity contribution in [2.75, 3.05) is 0 Å². The molecule has 0 aromatic rings. The molecule has 0 radical (unpaired) electrons. The number of hydrogen-bond acceptors (Lipinski definition) is 1. The van der Waals surface area contributed by atoms with Gasteiger partial charge in [0.2, 0.25) is 0 Å². The Hall–Kier alpha value is -0.560. The summed E-state index contributed by atoms with van der Waals surface area (Å²) < 4.78 is 0. The SMILES string of the molecule is C=C(C)C1=CCC(C)(O)CC1. The van der Waals surface area contributed by atoms with E-state index in [4.69, 9.17) is 0 Å². The van der Waals surface area contributed by atoms with Crippen LogP contribution in [0.3, 0.4) is 0 Å². The Labute approximate surface area is 68.4 Å². The third kappa shape index (κ3) is 2.19. The summed E-state index contributed by atoms with van der Waals surface area (Å²) in [5.41, 5.74) is 1.98. The van der Waals surface area contributed by atoms with E-state index in [0.29, 0.717) is 0 Å². The van der Waals surface area contributed by atoms with Crippen LogP contribution >= 0.6 is 0 Å². The number of rotatable bonds is 1. The van der Waals surface area contributed by atoms with Gasteiger partial charge in [0, 0.05) is 0 Å². The maximum atomic E-state index is 9.60. The quantitative estimate of drug-likeness (QED) is 0.611. The van der Waals surface area contributed by atoms with Crippen LogP contribution in [0.2, 0.25) is 0 Å². The van der Waals surface area contributed by atoms with Crippen molar-refractivity contribution < 1.29 is 5.11 Å². The third-order valence-electron chi connectivity index (χ3n) is 2.27. The summed E-state index contributed by atoms with van der Waals surface area (Å²) in [5.74, 6) is 0. The average Bonchev–Trinajstić information content (AvgIpc) is 1.86. The molecule has 0 aromatic heterocycles. The van der Waals surface area contributed by atoms with Crippen LogP contribution in [-0.2, 0) is 0 Å².